The molecule has 9 heteroatoms. The number of anilines is 1. The molecule has 7 nitrogen and oxygen atoms in total. The smallest absolute Gasteiger partial charge is 0.233 e. The van der Waals surface area contributed by atoms with Crippen molar-refractivity contribution in [3.05, 3.63) is 35.9 Å². The molecule has 0 aliphatic rings. The van der Waals surface area contributed by atoms with Crippen LogP contribution in [0.25, 0.3) is 0 Å². The van der Waals surface area contributed by atoms with Gasteiger partial charge >= 0.3 is 0 Å². The maximum absolute atomic E-state index is 12.3. The van der Waals surface area contributed by atoms with Crippen LogP contribution in [-0.4, -0.2) is 39.8 Å². The minimum absolute atomic E-state index is 0.102. The van der Waals surface area contributed by atoms with E-state index < -0.39 is 0 Å². The third-order valence-electron chi connectivity index (χ3n) is 3.35. The lowest BCUT2D eigenvalue weighted by Gasteiger charge is -2.19. The fraction of sp³-hybridized carbons (Fsp3) is 0.353. The number of nitriles is 2. The average molecular weight is 387 g/mol. The van der Waals surface area contributed by atoms with Crippen LogP contribution >= 0.6 is 23.1 Å². The number of thioether (sulfide) groups is 1. The average Bonchev–Trinajstić information content (AvgIpc) is 3.13. The van der Waals surface area contributed by atoms with E-state index >= 15 is 0 Å². The number of benzene rings is 1. The lowest BCUT2D eigenvalue weighted by molar-refractivity contribution is -0.128. The van der Waals surface area contributed by atoms with E-state index in [0.29, 0.717) is 29.1 Å². The molecule has 0 saturated carbocycles. The molecule has 1 aromatic carbocycles. The summed E-state index contributed by atoms with van der Waals surface area (Å²) < 4.78 is 0.703. The molecule has 1 aromatic heterocycles. The second-order valence-electron chi connectivity index (χ2n) is 5.20. The molecule has 0 aliphatic heterocycles. The van der Waals surface area contributed by atoms with Crippen molar-refractivity contribution < 1.29 is 4.79 Å². The van der Waals surface area contributed by atoms with Crippen LogP contribution in [0.5, 0.6) is 0 Å². The van der Waals surface area contributed by atoms with Crippen LogP contribution in [-0.2, 0) is 11.3 Å². The molecule has 0 saturated heterocycles. The highest BCUT2D eigenvalue weighted by atomic mass is 32.2. The van der Waals surface area contributed by atoms with Crippen molar-refractivity contribution in [2.24, 2.45) is 0 Å². The van der Waals surface area contributed by atoms with Gasteiger partial charge in [0.2, 0.25) is 11.0 Å². The summed E-state index contributed by atoms with van der Waals surface area (Å²) in [5.41, 5.74) is 1.15. The number of hydrogen-bond acceptors (Lipinski definition) is 8. The number of hydrogen-bond donors (Lipinski definition) is 1. The Labute approximate surface area is 160 Å². The maximum Gasteiger partial charge on any atom is 0.233 e. The predicted molar refractivity (Wildman–Crippen MR) is 101 cm³/mol. The minimum Gasteiger partial charge on any atom is -0.356 e. The molecule has 1 amide bonds. The number of aromatic nitrogens is 2. The summed E-state index contributed by atoms with van der Waals surface area (Å²) in [6.45, 7) is 1.35. The summed E-state index contributed by atoms with van der Waals surface area (Å²) in [7, 11) is 0. The highest BCUT2D eigenvalue weighted by molar-refractivity contribution is 8.01. The van der Waals surface area contributed by atoms with Crippen LogP contribution in [0.1, 0.15) is 18.4 Å². The molecule has 0 spiro atoms. The van der Waals surface area contributed by atoms with Crippen molar-refractivity contribution in [3.8, 4) is 12.1 Å². The van der Waals surface area contributed by atoms with Gasteiger partial charge in [0, 0.05) is 19.6 Å². The standard InChI is InChI=1S/C17H18N6OS2/c18-8-4-10-23(11-5-9-19)15(24)13-25-17-22-21-16(26-17)20-12-14-6-2-1-3-7-14/h1-3,6-7H,4-5,10-13H2,(H,20,21). The highest BCUT2D eigenvalue weighted by Crippen LogP contribution is 2.26. The van der Waals surface area contributed by atoms with Gasteiger partial charge < -0.3 is 10.2 Å². The van der Waals surface area contributed by atoms with Crippen LogP contribution in [0.3, 0.4) is 0 Å². The molecule has 1 heterocycles. The van der Waals surface area contributed by atoms with Gasteiger partial charge in [0.15, 0.2) is 4.34 Å². The molecular weight excluding hydrogens is 368 g/mol. The van der Waals surface area contributed by atoms with Crippen LogP contribution in [0.2, 0.25) is 0 Å². The summed E-state index contributed by atoms with van der Waals surface area (Å²) in [6.07, 6.45) is 0.516. The monoisotopic (exact) mass is 386 g/mol. The summed E-state index contributed by atoms with van der Waals surface area (Å²) >= 11 is 2.71. The van der Waals surface area contributed by atoms with Crippen LogP contribution in [0.4, 0.5) is 5.13 Å². The number of rotatable bonds is 10. The van der Waals surface area contributed by atoms with Gasteiger partial charge in [-0.1, -0.05) is 53.4 Å². The number of carbonyl (C=O) groups excluding carboxylic acids is 1. The van der Waals surface area contributed by atoms with E-state index in [4.69, 9.17) is 10.5 Å². The fourth-order valence-corrected chi connectivity index (χ4v) is 3.71. The highest BCUT2D eigenvalue weighted by Gasteiger charge is 2.15. The van der Waals surface area contributed by atoms with Crippen molar-refractivity contribution in [2.45, 2.75) is 23.7 Å². The van der Waals surface area contributed by atoms with E-state index in [1.807, 2.05) is 42.5 Å². The van der Waals surface area contributed by atoms with Gasteiger partial charge in [0.05, 0.1) is 30.7 Å². The zero-order valence-corrected chi connectivity index (χ0v) is 15.7. The molecule has 0 aliphatic carbocycles. The van der Waals surface area contributed by atoms with Gasteiger partial charge in [0.1, 0.15) is 0 Å². The van der Waals surface area contributed by atoms with E-state index in [2.05, 4.69) is 15.5 Å². The molecular formula is C17H18N6OS2. The minimum atomic E-state index is -0.102. The van der Waals surface area contributed by atoms with E-state index in [-0.39, 0.29) is 24.5 Å². The Morgan fingerprint density at radius 2 is 1.85 bits per heavy atom. The van der Waals surface area contributed by atoms with Gasteiger partial charge in [-0.05, 0) is 5.56 Å². The van der Waals surface area contributed by atoms with E-state index in [0.717, 1.165) is 5.56 Å². The van der Waals surface area contributed by atoms with E-state index in [1.54, 1.807) is 4.90 Å². The molecule has 2 rings (SSSR count). The van der Waals surface area contributed by atoms with Crippen LogP contribution in [0.15, 0.2) is 34.7 Å². The zero-order chi connectivity index (χ0) is 18.6. The van der Waals surface area contributed by atoms with Crippen molar-refractivity contribution in [1.29, 1.82) is 10.5 Å². The number of nitrogens with one attached hydrogen (secondary N) is 1. The molecule has 0 fully saturated rings. The Morgan fingerprint density at radius 3 is 2.50 bits per heavy atom. The Kier molecular flexibility index (Phi) is 8.40. The quantitative estimate of drug-likeness (QED) is 0.626. The molecule has 0 bridgehead atoms. The summed E-state index contributed by atoms with van der Waals surface area (Å²) in [5, 5.41) is 29.4. The van der Waals surface area contributed by atoms with Gasteiger partial charge in [-0.15, -0.1) is 10.2 Å². The van der Waals surface area contributed by atoms with Crippen molar-refractivity contribution in [3.63, 3.8) is 0 Å². The normalized spacial score (nSPS) is 9.92. The summed E-state index contributed by atoms with van der Waals surface area (Å²) in [5.74, 6) is 0.110. The lowest BCUT2D eigenvalue weighted by Crippen LogP contribution is -2.34. The first-order chi connectivity index (χ1) is 12.7. The van der Waals surface area contributed by atoms with Crippen LogP contribution in [0, 0.1) is 22.7 Å². The molecule has 0 unspecified atom stereocenters. The van der Waals surface area contributed by atoms with E-state index in [9.17, 15) is 4.79 Å². The topological polar surface area (TPSA) is 106 Å². The third kappa shape index (κ3) is 6.71. The largest absolute Gasteiger partial charge is 0.356 e. The Bertz CT molecular complexity index is 763. The van der Waals surface area contributed by atoms with Crippen molar-refractivity contribution in [1.82, 2.24) is 15.1 Å². The molecule has 1 N–H and O–H groups in total. The Balaban J connectivity index is 1.81. The summed E-state index contributed by atoms with van der Waals surface area (Å²) in [4.78, 5) is 13.8. The molecule has 0 atom stereocenters. The Hall–Kier alpha value is -2.62. The third-order valence-corrected chi connectivity index (χ3v) is 5.35. The zero-order valence-electron chi connectivity index (χ0n) is 14.1. The number of amides is 1. The van der Waals surface area contributed by atoms with Gasteiger partial charge in [-0.2, -0.15) is 10.5 Å². The first-order valence-corrected chi connectivity index (χ1v) is 9.79. The molecule has 134 valence electrons. The van der Waals surface area contributed by atoms with Crippen molar-refractivity contribution >= 4 is 34.1 Å². The number of carbonyl (C=O) groups is 1. The van der Waals surface area contributed by atoms with Gasteiger partial charge in [-0.3, -0.25) is 4.79 Å². The maximum atomic E-state index is 12.3. The Morgan fingerprint density at radius 1 is 1.15 bits per heavy atom. The molecule has 2 aromatic rings. The number of nitrogens with zero attached hydrogens (tertiary/aromatic N) is 5. The van der Waals surface area contributed by atoms with Gasteiger partial charge in [-0.25, -0.2) is 0 Å². The lowest BCUT2D eigenvalue weighted by atomic mass is 10.2. The molecule has 0 radical (unpaired) electrons. The van der Waals surface area contributed by atoms with Gasteiger partial charge in [0.25, 0.3) is 0 Å². The predicted octanol–water partition coefficient (Wildman–Crippen LogP) is 2.90. The van der Waals surface area contributed by atoms with E-state index in [1.165, 1.54) is 23.1 Å². The summed E-state index contributed by atoms with van der Waals surface area (Å²) in [6, 6.07) is 14.0. The first-order valence-electron chi connectivity index (χ1n) is 7.98. The fourth-order valence-electron chi connectivity index (χ4n) is 2.06. The second-order valence-corrected chi connectivity index (χ2v) is 7.40. The SMILES string of the molecule is N#CCCN(CCC#N)C(=O)CSc1nnc(NCc2ccccc2)s1. The first kappa shape index (κ1) is 19.7. The van der Waals surface area contributed by atoms with Crippen LogP contribution < -0.4 is 5.32 Å². The van der Waals surface area contributed by atoms with Crippen molar-refractivity contribution in [2.75, 3.05) is 24.2 Å². The second kappa shape index (κ2) is 11.1. The molecule has 26 heavy (non-hydrogen) atoms.